The van der Waals surface area contributed by atoms with Gasteiger partial charge in [0, 0.05) is 45.5 Å². The number of nitrogens with zero attached hydrogens (tertiary/aromatic N) is 5. The molecule has 0 bridgehead atoms. The fourth-order valence-electron chi connectivity index (χ4n) is 4.45. The van der Waals surface area contributed by atoms with Gasteiger partial charge in [0.25, 0.3) is 0 Å². The molecule has 1 aromatic heterocycles. The third-order valence-electron chi connectivity index (χ3n) is 6.67. The summed E-state index contributed by atoms with van der Waals surface area (Å²) in [6.45, 7) is 8.19. The van der Waals surface area contributed by atoms with Gasteiger partial charge >= 0.3 is 0 Å². The van der Waals surface area contributed by atoms with E-state index in [2.05, 4.69) is 68.6 Å². The molecule has 11 heteroatoms. The van der Waals surface area contributed by atoms with Gasteiger partial charge in [-0.3, -0.25) is 9.80 Å². The number of sulfone groups is 1. The van der Waals surface area contributed by atoms with Gasteiger partial charge in [-0.25, -0.2) is 13.1 Å². The second kappa shape index (κ2) is 16.6. The van der Waals surface area contributed by atoms with Crippen LogP contribution in [-0.4, -0.2) is 104 Å². The van der Waals surface area contributed by atoms with Crippen molar-refractivity contribution in [3.63, 3.8) is 0 Å². The highest BCUT2D eigenvalue weighted by atomic mass is 32.2. The molecule has 0 aliphatic carbocycles. The molecule has 1 aliphatic rings. The van der Waals surface area contributed by atoms with E-state index in [-0.39, 0.29) is 11.5 Å². The largest absolute Gasteiger partial charge is 0.378 e. The predicted molar refractivity (Wildman–Crippen MR) is 153 cm³/mol. The summed E-state index contributed by atoms with van der Waals surface area (Å²) in [6.07, 6.45) is 1.89. The van der Waals surface area contributed by atoms with E-state index in [0.717, 1.165) is 25.3 Å². The highest BCUT2D eigenvalue weighted by molar-refractivity contribution is 7.91. The van der Waals surface area contributed by atoms with Crippen molar-refractivity contribution in [2.45, 2.75) is 26.2 Å². The molecule has 2 heterocycles. The maximum Gasteiger partial charge on any atom is 0.152 e. The Balaban J connectivity index is 1.01. The molecule has 0 radical (unpaired) electrons. The van der Waals surface area contributed by atoms with Crippen molar-refractivity contribution in [3.8, 4) is 0 Å². The molecule has 0 saturated carbocycles. The lowest BCUT2D eigenvalue weighted by molar-refractivity contribution is 0.00825. The minimum atomic E-state index is -2.87. The molecule has 4 rings (SSSR count). The van der Waals surface area contributed by atoms with Gasteiger partial charge in [0.15, 0.2) is 9.84 Å². The molecule has 0 spiro atoms. The van der Waals surface area contributed by atoms with Gasteiger partial charge in [-0.15, -0.1) is 5.10 Å². The van der Waals surface area contributed by atoms with Crippen LogP contribution in [0.5, 0.6) is 0 Å². The van der Waals surface area contributed by atoms with Crippen molar-refractivity contribution in [1.29, 1.82) is 0 Å². The maximum atomic E-state index is 11.6. The Morgan fingerprint density at radius 1 is 0.750 bits per heavy atom. The first-order valence-electron chi connectivity index (χ1n) is 13.9. The van der Waals surface area contributed by atoms with E-state index in [9.17, 15) is 8.42 Å². The van der Waals surface area contributed by atoms with Gasteiger partial charge in [-0.2, -0.15) is 0 Å². The lowest BCUT2D eigenvalue weighted by Gasteiger charge is -2.25. The molecule has 0 unspecified atom stereocenters. The lowest BCUT2D eigenvalue weighted by Crippen LogP contribution is -2.39. The topological polar surface area (TPSA) is 99.0 Å². The van der Waals surface area contributed by atoms with E-state index in [0.29, 0.717) is 65.8 Å². The molecular weight excluding hydrogens is 530 g/mol. The van der Waals surface area contributed by atoms with Crippen LogP contribution >= 0.6 is 0 Å². The van der Waals surface area contributed by atoms with Gasteiger partial charge in [0.1, 0.15) is 0 Å². The van der Waals surface area contributed by atoms with Crippen LogP contribution in [0.3, 0.4) is 0 Å². The molecule has 0 atom stereocenters. The Bertz CT molecular complexity index is 1150. The first kappa shape index (κ1) is 30.3. The molecule has 1 saturated heterocycles. The smallest absolute Gasteiger partial charge is 0.152 e. The van der Waals surface area contributed by atoms with E-state index < -0.39 is 9.84 Å². The summed E-state index contributed by atoms with van der Waals surface area (Å²) < 4.78 is 42.0. The first-order chi connectivity index (χ1) is 19.6. The van der Waals surface area contributed by atoms with Crippen molar-refractivity contribution < 1.29 is 22.6 Å². The summed E-state index contributed by atoms with van der Waals surface area (Å²) in [4.78, 5) is 4.50. The zero-order chi connectivity index (χ0) is 27.9. The minimum Gasteiger partial charge on any atom is -0.378 e. The van der Waals surface area contributed by atoms with Crippen LogP contribution in [0.2, 0.25) is 0 Å². The summed E-state index contributed by atoms with van der Waals surface area (Å²) in [7, 11) is -2.87. The van der Waals surface area contributed by atoms with Crippen molar-refractivity contribution >= 4 is 9.84 Å². The van der Waals surface area contributed by atoms with Gasteiger partial charge in [-0.1, -0.05) is 65.9 Å². The van der Waals surface area contributed by atoms with E-state index >= 15 is 0 Å². The van der Waals surface area contributed by atoms with Gasteiger partial charge in [0.05, 0.1) is 63.4 Å². The number of hydrogen-bond donors (Lipinski definition) is 0. The normalized spacial score (nSPS) is 15.5. The van der Waals surface area contributed by atoms with Crippen molar-refractivity contribution in [1.82, 2.24) is 24.8 Å². The fourth-order valence-corrected chi connectivity index (χ4v) is 5.73. The van der Waals surface area contributed by atoms with Crippen molar-refractivity contribution in [2.24, 2.45) is 0 Å². The quantitative estimate of drug-likeness (QED) is 0.213. The van der Waals surface area contributed by atoms with Gasteiger partial charge in [0.2, 0.25) is 0 Å². The van der Waals surface area contributed by atoms with E-state index in [1.54, 1.807) is 4.68 Å². The van der Waals surface area contributed by atoms with Crippen LogP contribution in [0.1, 0.15) is 16.8 Å². The SMILES string of the molecule is O=S1(=O)CCN(Cc2cn(CCOCCOCCOCCN(Cc3ccccc3)Cc3ccccc3)nn2)CC1. The van der Waals surface area contributed by atoms with Crippen LogP contribution in [-0.2, 0) is 50.2 Å². The average Bonchev–Trinajstić information content (AvgIpc) is 3.41. The summed E-state index contributed by atoms with van der Waals surface area (Å²) in [5.41, 5.74) is 3.43. The Hall–Kier alpha value is -2.67. The Kier molecular flexibility index (Phi) is 12.5. The second-order valence-corrected chi connectivity index (χ2v) is 12.2. The van der Waals surface area contributed by atoms with Crippen LogP contribution in [0.4, 0.5) is 0 Å². The zero-order valence-corrected chi connectivity index (χ0v) is 24.0. The van der Waals surface area contributed by atoms with E-state index in [1.165, 1.54) is 11.1 Å². The van der Waals surface area contributed by atoms with Crippen LogP contribution < -0.4 is 0 Å². The molecule has 2 aromatic carbocycles. The third-order valence-corrected chi connectivity index (χ3v) is 8.28. The second-order valence-electron chi connectivity index (χ2n) is 9.92. The fraction of sp³-hybridized carbons (Fsp3) is 0.517. The zero-order valence-electron chi connectivity index (χ0n) is 23.1. The monoisotopic (exact) mass is 571 g/mol. The third kappa shape index (κ3) is 11.4. The van der Waals surface area contributed by atoms with E-state index in [4.69, 9.17) is 14.2 Å². The number of ether oxygens (including phenoxy) is 3. The summed E-state index contributed by atoms with van der Waals surface area (Å²) in [5, 5.41) is 8.32. The number of aromatic nitrogens is 3. The predicted octanol–water partition coefficient (Wildman–Crippen LogP) is 2.26. The maximum absolute atomic E-state index is 11.6. The molecule has 218 valence electrons. The summed E-state index contributed by atoms with van der Waals surface area (Å²) in [6, 6.07) is 21.0. The molecule has 0 N–H and O–H groups in total. The Morgan fingerprint density at radius 2 is 1.30 bits per heavy atom. The minimum absolute atomic E-state index is 0.214. The Labute approximate surface area is 237 Å². The molecule has 0 amide bonds. The van der Waals surface area contributed by atoms with E-state index in [1.807, 2.05) is 18.3 Å². The van der Waals surface area contributed by atoms with Gasteiger partial charge in [-0.05, 0) is 11.1 Å². The first-order valence-corrected chi connectivity index (χ1v) is 15.7. The molecule has 1 fully saturated rings. The number of benzene rings is 2. The molecular formula is C29H41N5O5S. The van der Waals surface area contributed by atoms with Crippen LogP contribution in [0.15, 0.2) is 66.9 Å². The number of hydrogen-bond acceptors (Lipinski definition) is 9. The number of rotatable bonds is 18. The summed E-state index contributed by atoms with van der Waals surface area (Å²) in [5.74, 6) is 0.427. The molecule has 1 aliphatic heterocycles. The molecule has 10 nitrogen and oxygen atoms in total. The van der Waals surface area contributed by atoms with Crippen LogP contribution in [0.25, 0.3) is 0 Å². The lowest BCUT2D eigenvalue weighted by atomic mass is 10.1. The average molecular weight is 572 g/mol. The van der Waals surface area contributed by atoms with Crippen LogP contribution in [0, 0.1) is 0 Å². The highest BCUT2D eigenvalue weighted by Gasteiger charge is 2.22. The molecule has 40 heavy (non-hydrogen) atoms. The Morgan fingerprint density at radius 3 is 1.90 bits per heavy atom. The van der Waals surface area contributed by atoms with Crippen molar-refractivity contribution in [2.75, 3.05) is 70.8 Å². The van der Waals surface area contributed by atoms with Gasteiger partial charge < -0.3 is 14.2 Å². The highest BCUT2D eigenvalue weighted by Crippen LogP contribution is 2.10. The standard InChI is InChI=1S/C29H41N5O5S/c35-40(36)21-13-32(14-22-40)25-29-26-34(31-30-29)12-16-38-18-20-39-19-17-37-15-11-33(23-27-7-3-1-4-8-27)24-28-9-5-2-6-10-28/h1-10,26H,11-25H2. The molecule has 3 aromatic rings. The summed E-state index contributed by atoms with van der Waals surface area (Å²) >= 11 is 0. The van der Waals surface area contributed by atoms with Crippen molar-refractivity contribution in [3.05, 3.63) is 83.7 Å².